The van der Waals surface area contributed by atoms with Gasteiger partial charge in [-0.15, -0.1) is 0 Å². The smallest absolute Gasteiger partial charge is 0.125 e. The van der Waals surface area contributed by atoms with Gasteiger partial charge in [0.05, 0.1) is 19.2 Å². The van der Waals surface area contributed by atoms with Crippen molar-refractivity contribution in [3.8, 4) is 0 Å². The molecule has 0 aromatic rings. The highest BCUT2D eigenvalue weighted by molar-refractivity contribution is 6.68. The van der Waals surface area contributed by atoms with Crippen LogP contribution in [-0.2, 0) is 0 Å². The summed E-state index contributed by atoms with van der Waals surface area (Å²) in [5.41, 5.74) is 1.15. The number of hydrogen-bond donors (Lipinski definition) is 1. The summed E-state index contributed by atoms with van der Waals surface area (Å²) in [6.45, 7) is 1.93. The second-order valence-corrected chi connectivity index (χ2v) is 3.83. The first-order valence-electron chi connectivity index (χ1n) is 4.59. The third-order valence-electron chi connectivity index (χ3n) is 2.63. The summed E-state index contributed by atoms with van der Waals surface area (Å²) >= 11 is 5.76. The predicted molar refractivity (Wildman–Crippen MR) is 53.1 cm³/mol. The highest BCUT2D eigenvalue weighted by Gasteiger charge is 2.26. The second kappa shape index (κ2) is 3.68. The van der Waals surface area contributed by atoms with Crippen molar-refractivity contribution in [1.29, 1.82) is 0 Å². The Morgan fingerprint density at radius 3 is 3.15 bits per heavy atom. The Hall–Kier alpha value is -0.540. The van der Waals surface area contributed by atoms with Crippen LogP contribution in [0.5, 0.6) is 0 Å². The zero-order valence-corrected chi connectivity index (χ0v) is 8.17. The summed E-state index contributed by atoms with van der Waals surface area (Å²) in [5.74, 6) is 0. The van der Waals surface area contributed by atoms with Crippen molar-refractivity contribution in [3.05, 3.63) is 11.8 Å². The van der Waals surface area contributed by atoms with Crippen LogP contribution in [0.4, 0.5) is 0 Å². The lowest BCUT2D eigenvalue weighted by molar-refractivity contribution is 0.186. The molecule has 1 unspecified atom stereocenters. The molecule has 0 aromatic carbocycles. The minimum atomic E-state index is 0.231. The minimum absolute atomic E-state index is 0.231. The number of aliphatic imine (C=N–C) groups is 1. The maximum absolute atomic E-state index is 9.12. The third kappa shape index (κ3) is 1.71. The van der Waals surface area contributed by atoms with Crippen LogP contribution in [0.25, 0.3) is 0 Å². The molecule has 4 heteroatoms. The average molecular weight is 201 g/mol. The van der Waals surface area contributed by atoms with E-state index in [1.54, 1.807) is 0 Å². The molecule has 0 aliphatic carbocycles. The first kappa shape index (κ1) is 9.03. The summed E-state index contributed by atoms with van der Waals surface area (Å²) in [7, 11) is 0. The first-order chi connectivity index (χ1) is 6.31. The van der Waals surface area contributed by atoms with Gasteiger partial charge in [-0.2, -0.15) is 0 Å². The normalized spacial score (nSPS) is 27.8. The van der Waals surface area contributed by atoms with E-state index in [0.29, 0.717) is 11.7 Å². The Morgan fingerprint density at radius 1 is 1.69 bits per heavy atom. The quantitative estimate of drug-likeness (QED) is 0.722. The van der Waals surface area contributed by atoms with Crippen LogP contribution in [0.15, 0.2) is 16.8 Å². The molecular weight excluding hydrogens is 188 g/mol. The van der Waals surface area contributed by atoms with Crippen molar-refractivity contribution in [2.45, 2.75) is 18.9 Å². The summed E-state index contributed by atoms with van der Waals surface area (Å²) < 4.78 is 0. The Bertz CT molecular complexity index is 262. The SMILES string of the molecule is OCC1CCCN1C1=CC(Cl)=NC1. The summed E-state index contributed by atoms with van der Waals surface area (Å²) in [4.78, 5) is 6.32. The summed E-state index contributed by atoms with van der Waals surface area (Å²) in [5, 5.41) is 9.71. The lowest BCUT2D eigenvalue weighted by Crippen LogP contribution is -2.32. The number of halogens is 1. The van der Waals surface area contributed by atoms with Gasteiger partial charge in [-0.05, 0) is 18.9 Å². The molecule has 0 spiro atoms. The van der Waals surface area contributed by atoms with E-state index in [0.717, 1.165) is 25.1 Å². The van der Waals surface area contributed by atoms with Crippen molar-refractivity contribution < 1.29 is 5.11 Å². The second-order valence-electron chi connectivity index (χ2n) is 3.45. The van der Waals surface area contributed by atoms with Crippen molar-refractivity contribution in [1.82, 2.24) is 4.90 Å². The van der Waals surface area contributed by atoms with Crippen LogP contribution in [0.1, 0.15) is 12.8 Å². The standard InChI is InChI=1S/C9H13ClN2O/c10-9-4-8(5-11-9)12-3-1-2-7(12)6-13/h4,7,13H,1-3,5-6H2. The van der Waals surface area contributed by atoms with Gasteiger partial charge in [-0.1, -0.05) is 11.6 Å². The highest BCUT2D eigenvalue weighted by atomic mass is 35.5. The van der Waals surface area contributed by atoms with E-state index >= 15 is 0 Å². The molecule has 72 valence electrons. The monoisotopic (exact) mass is 200 g/mol. The molecule has 0 bridgehead atoms. The van der Waals surface area contributed by atoms with E-state index in [4.69, 9.17) is 16.7 Å². The maximum atomic E-state index is 9.12. The van der Waals surface area contributed by atoms with Crippen LogP contribution in [-0.4, -0.2) is 40.9 Å². The first-order valence-corrected chi connectivity index (χ1v) is 4.97. The van der Waals surface area contributed by atoms with Gasteiger partial charge in [0.25, 0.3) is 0 Å². The Labute approximate surface area is 82.7 Å². The summed E-state index contributed by atoms with van der Waals surface area (Å²) in [6, 6.07) is 0.281. The number of allylic oxidation sites excluding steroid dienone is 1. The van der Waals surface area contributed by atoms with Gasteiger partial charge in [0, 0.05) is 12.2 Å². The molecule has 2 aliphatic heterocycles. The maximum Gasteiger partial charge on any atom is 0.125 e. The fourth-order valence-corrected chi connectivity index (χ4v) is 2.15. The molecule has 0 saturated carbocycles. The van der Waals surface area contributed by atoms with Crippen molar-refractivity contribution >= 4 is 16.8 Å². The Balaban J connectivity index is 2.05. The molecule has 1 saturated heterocycles. The lowest BCUT2D eigenvalue weighted by atomic mass is 10.2. The zero-order chi connectivity index (χ0) is 9.26. The highest BCUT2D eigenvalue weighted by Crippen LogP contribution is 2.24. The van der Waals surface area contributed by atoms with E-state index in [2.05, 4.69) is 9.89 Å². The number of likely N-dealkylation sites (tertiary alicyclic amines) is 1. The predicted octanol–water partition coefficient (Wildman–Crippen LogP) is 0.978. The number of nitrogens with zero attached hydrogens (tertiary/aromatic N) is 2. The topological polar surface area (TPSA) is 35.8 Å². The summed E-state index contributed by atoms with van der Waals surface area (Å²) in [6.07, 6.45) is 4.13. The molecule has 0 radical (unpaired) electrons. The van der Waals surface area contributed by atoms with Gasteiger partial charge in [0.15, 0.2) is 0 Å². The van der Waals surface area contributed by atoms with Crippen molar-refractivity contribution in [2.24, 2.45) is 4.99 Å². The van der Waals surface area contributed by atoms with Gasteiger partial charge < -0.3 is 10.0 Å². The number of rotatable bonds is 2. The fraction of sp³-hybridized carbons (Fsp3) is 0.667. The molecule has 1 fully saturated rings. The third-order valence-corrected chi connectivity index (χ3v) is 2.86. The van der Waals surface area contributed by atoms with Gasteiger partial charge in [-0.25, -0.2) is 0 Å². The van der Waals surface area contributed by atoms with Crippen molar-refractivity contribution in [3.63, 3.8) is 0 Å². The largest absolute Gasteiger partial charge is 0.394 e. The van der Waals surface area contributed by atoms with Crippen LogP contribution in [0.2, 0.25) is 0 Å². The van der Waals surface area contributed by atoms with Gasteiger partial charge in [0.2, 0.25) is 0 Å². The Morgan fingerprint density at radius 2 is 2.54 bits per heavy atom. The van der Waals surface area contributed by atoms with Crippen LogP contribution >= 0.6 is 11.6 Å². The van der Waals surface area contributed by atoms with Gasteiger partial charge in [0.1, 0.15) is 5.17 Å². The fourth-order valence-electron chi connectivity index (χ4n) is 1.96. The average Bonchev–Trinajstić information content (AvgIpc) is 2.71. The molecule has 2 aliphatic rings. The number of hydrogen-bond acceptors (Lipinski definition) is 3. The van der Waals surface area contributed by atoms with E-state index in [1.165, 1.54) is 0 Å². The number of aliphatic hydroxyl groups is 1. The number of aliphatic hydroxyl groups excluding tert-OH is 1. The van der Waals surface area contributed by atoms with Gasteiger partial charge in [-0.3, -0.25) is 4.99 Å². The molecule has 1 atom stereocenters. The molecule has 1 N–H and O–H groups in total. The van der Waals surface area contributed by atoms with Crippen LogP contribution in [0.3, 0.4) is 0 Å². The molecule has 2 heterocycles. The molecule has 3 nitrogen and oxygen atoms in total. The lowest BCUT2D eigenvalue weighted by Gasteiger charge is -2.25. The van der Waals surface area contributed by atoms with E-state index < -0.39 is 0 Å². The Kier molecular flexibility index (Phi) is 2.56. The van der Waals surface area contributed by atoms with Crippen LogP contribution in [0, 0.1) is 0 Å². The molecular formula is C9H13ClN2O. The zero-order valence-electron chi connectivity index (χ0n) is 7.41. The van der Waals surface area contributed by atoms with E-state index in [9.17, 15) is 0 Å². The molecule has 0 amide bonds. The minimum Gasteiger partial charge on any atom is -0.394 e. The van der Waals surface area contributed by atoms with E-state index in [1.807, 2.05) is 6.08 Å². The van der Waals surface area contributed by atoms with Crippen LogP contribution < -0.4 is 0 Å². The molecule has 0 aromatic heterocycles. The molecule has 13 heavy (non-hydrogen) atoms. The van der Waals surface area contributed by atoms with Gasteiger partial charge >= 0.3 is 0 Å². The van der Waals surface area contributed by atoms with Crippen molar-refractivity contribution in [2.75, 3.05) is 19.7 Å². The molecule has 2 rings (SSSR count). The van der Waals surface area contributed by atoms with E-state index in [-0.39, 0.29) is 12.6 Å².